The predicted molar refractivity (Wildman–Crippen MR) is 172 cm³/mol. The van der Waals surface area contributed by atoms with E-state index in [0.29, 0.717) is 53.7 Å². The van der Waals surface area contributed by atoms with Gasteiger partial charge in [-0.1, -0.05) is 121 Å². The van der Waals surface area contributed by atoms with Gasteiger partial charge in [0.15, 0.2) is 25.9 Å². The first-order chi connectivity index (χ1) is 20.3. The topological polar surface area (TPSA) is 34.1 Å². The molecule has 6 aromatic carbocycles. The molecule has 0 aliphatic heterocycles. The summed E-state index contributed by atoms with van der Waals surface area (Å²) in [6, 6.07) is 38.9. The molecule has 0 spiro atoms. The van der Waals surface area contributed by atoms with Crippen molar-refractivity contribution in [3.05, 3.63) is 156 Å². The molecule has 0 amide bonds. The first-order valence-electron chi connectivity index (χ1n) is 13.6. The molecule has 0 saturated heterocycles. The average Bonchev–Trinajstić information content (AvgIpc) is 3.04. The van der Waals surface area contributed by atoms with E-state index in [9.17, 15) is 8.78 Å². The van der Waals surface area contributed by atoms with Crippen molar-refractivity contribution in [2.24, 2.45) is 0 Å². The third kappa shape index (κ3) is 4.38. The van der Waals surface area contributed by atoms with E-state index in [4.69, 9.17) is 0 Å². The molecule has 0 unspecified atom stereocenters. The van der Waals surface area contributed by atoms with Gasteiger partial charge in [0.2, 0.25) is 0 Å². The number of aryl methyl sites for hydroxylation is 2. The molecular formula is C36H28F2O2P2. The van der Waals surface area contributed by atoms with Crippen LogP contribution in [0.3, 0.4) is 0 Å². The van der Waals surface area contributed by atoms with E-state index in [1.165, 1.54) is 0 Å². The third-order valence-corrected chi connectivity index (χ3v) is 14.6. The Bertz CT molecular complexity index is 1780. The van der Waals surface area contributed by atoms with Gasteiger partial charge in [-0.15, -0.1) is 0 Å². The van der Waals surface area contributed by atoms with Crippen molar-refractivity contribution in [2.45, 2.75) is 13.8 Å². The molecule has 0 atom stereocenters. The van der Waals surface area contributed by atoms with Crippen molar-refractivity contribution in [1.29, 1.82) is 0 Å². The predicted octanol–water partition coefficient (Wildman–Crippen LogP) is 7.01. The smallest absolute Gasteiger partial charge is 0.172 e. The first kappa shape index (κ1) is 28.0. The van der Waals surface area contributed by atoms with Gasteiger partial charge >= 0.3 is 0 Å². The molecule has 0 bridgehead atoms. The second-order valence-electron chi connectivity index (χ2n) is 10.3. The quantitative estimate of drug-likeness (QED) is 0.195. The lowest BCUT2D eigenvalue weighted by Gasteiger charge is -2.31. The maximum Gasteiger partial charge on any atom is 0.172 e. The zero-order valence-electron chi connectivity index (χ0n) is 23.2. The fraction of sp³-hybridized carbons (Fsp3) is 0.0556. The molecule has 6 aromatic rings. The van der Waals surface area contributed by atoms with Crippen LogP contribution in [-0.2, 0) is 9.13 Å². The maximum atomic E-state index is 16.0. The van der Waals surface area contributed by atoms with Crippen LogP contribution in [0.4, 0.5) is 8.78 Å². The normalized spacial score (nSPS) is 12.0. The van der Waals surface area contributed by atoms with Crippen molar-refractivity contribution in [3.63, 3.8) is 0 Å². The highest BCUT2D eigenvalue weighted by molar-refractivity contribution is 7.91. The molecule has 2 nitrogen and oxygen atoms in total. The van der Waals surface area contributed by atoms with Gasteiger partial charge in [0.25, 0.3) is 0 Å². The van der Waals surface area contributed by atoms with Gasteiger partial charge in [-0.05, 0) is 47.9 Å². The molecule has 0 aliphatic rings. The second-order valence-corrected chi connectivity index (χ2v) is 15.7. The molecule has 0 aliphatic carbocycles. The Morgan fingerprint density at radius 3 is 0.905 bits per heavy atom. The van der Waals surface area contributed by atoms with Gasteiger partial charge in [-0.25, -0.2) is 8.78 Å². The van der Waals surface area contributed by atoms with E-state index >= 15 is 9.13 Å². The minimum absolute atomic E-state index is 0.395. The Balaban J connectivity index is 1.90. The highest BCUT2D eigenvalue weighted by Gasteiger charge is 2.42. The molecule has 208 valence electrons. The fourth-order valence-corrected chi connectivity index (χ4v) is 12.9. The largest absolute Gasteiger partial charge is 0.309 e. The summed E-state index contributed by atoms with van der Waals surface area (Å²) in [6.07, 6.45) is 0. The van der Waals surface area contributed by atoms with Gasteiger partial charge < -0.3 is 9.13 Å². The molecule has 0 saturated carbocycles. The van der Waals surface area contributed by atoms with E-state index in [0.717, 1.165) is 12.1 Å². The summed E-state index contributed by atoms with van der Waals surface area (Å²) in [5.41, 5.74) is 1.01. The lowest BCUT2D eigenvalue weighted by molar-refractivity contribution is 0.511. The highest BCUT2D eigenvalue weighted by Crippen LogP contribution is 2.51. The van der Waals surface area contributed by atoms with Crippen LogP contribution in [-0.4, -0.2) is 0 Å². The molecule has 0 fully saturated rings. The summed E-state index contributed by atoms with van der Waals surface area (Å²) >= 11 is 0. The van der Waals surface area contributed by atoms with Crippen LogP contribution in [0.5, 0.6) is 0 Å². The summed E-state index contributed by atoms with van der Waals surface area (Å²) < 4.78 is 61.7. The Morgan fingerprint density at radius 1 is 0.429 bits per heavy atom. The summed E-state index contributed by atoms with van der Waals surface area (Å²) in [5.74, 6) is -1.99. The number of hydrogen-bond acceptors (Lipinski definition) is 2. The Morgan fingerprint density at radius 2 is 0.667 bits per heavy atom. The van der Waals surface area contributed by atoms with E-state index in [1.54, 1.807) is 13.8 Å². The van der Waals surface area contributed by atoms with Crippen molar-refractivity contribution >= 4 is 56.9 Å². The third-order valence-electron chi connectivity index (χ3n) is 7.91. The fourth-order valence-electron chi connectivity index (χ4n) is 5.91. The molecule has 42 heavy (non-hydrogen) atoms. The maximum absolute atomic E-state index is 16.0. The van der Waals surface area contributed by atoms with Gasteiger partial charge in [0, 0.05) is 31.8 Å². The highest BCUT2D eigenvalue weighted by atomic mass is 31.2. The number of benzene rings is 6. The van der Waals surface area contributed by atoms with Crippen LogP contribution >= 0.6 is 14.3 Å². The number of halogens is 2. The minimum Gasteiger partial charge on any atom is -0.309 e. The molecule has 6 rings (SSSR count). The molecule has 0 aromatic heterocycles. The van der Waals surface area contributed by atoms with Gasteiger partial charge in [0.1, 0.15) is 0 Å². The Kier molecular flexibility index (Phi) is 7.31. The zero-order valence-corrected chi connectivity index (χ0v) is 25.0. The first-order valence-corrected chi connectivity index (χ1v) is 17.0. The minimum atomic E-state index is -3.74. The summed E-state index contributed by atoms with van der Waals surface area (Å²) in [6.45, 7) is 3.55. The van der Waals surface area contributed by atoms with Crippen LogP contribution in [0, 0.1) is 25.5 Å². The van der Waals surface area contributed by atoms with E-state index in [-0.39, 0.29) is 0 Å². The second kappa shape index (κ2) is 11.0. The monoisotopic (exact) mass is 592 g/mol. The SMILES string of the molecule is Cc1c(P(=O)(c2ccccc2)c2ccccc2)c(P(=O)(c2ccccc2)c2ccccc2)c(C)c2cc(F)c(F)cc12. The molecule has 0 heterocycles. The standard InChI is InChI=1S/C36H28F2O2P2/c1-25-31-23-33(37)34(38)24-32(31)26(2)36(42(40,29-19-11-5-12-20-29)30-21-13-6-14-22-30)35(25)41(39,27-15-7-3-8-16-27)28-17-9-4-10-18-28/h3-24H,1-2H3. The summed E-state index contributed by atoms with van der Waals surface area (Å²) in [4.78, 5) is 0. The van der Waals surface area contributed by atoms with E-state index in [1.807, 2.05) is 121 Å². The lowest BCUT2D eigenvalue weighted by atomic mass is 10.0. The van der Waals surface area contributed by atoms with Crippen LogP contribution in [0.15, 0.2) is 133 Å². The molecule has 0 N–H and O–H groups in total. The number of fused-ring (bicyclic) bond motifs is 1. The van der Waals surface area contributed by atoms with E-state index < -0.39 is 25.9 Å². The van der Waals surface area contributed by atoms with Crippen LogP contribution < -0.4 is 31.8 Å². The summed E-state index contributed by atoms with van der Waals surface area (Å²) in [5, 5.41) is 3.92. The van der Waals surface area contributed by atoms with Crippen molar-refractivity contribution in [2.75, 3.05) is 0 Å². The number of hydrogen-bond donors (Lipinski definition) is 0. The van der Waals surface area contributed by atoms with Crippen LogP contribution in [0.1, 0.15) is 11.1 Å². The van der Waals surface area contributed by atoms with Crippen LogP contribution in [0.2, 0.25) is 0 Å². The van der Waals surface area contributed by atoms with Gasteiger partial charge in [-0.3, -0.25) is 0 Å². The number of rotatable bonds is 6. The summed E-state index contributed by atoms with van der Waals surface area (Å²) in [7, 11) is -7.47. The van der Waals surface area contributed by atoms with Gasteiger partial charge in [-0.2, -0.15) is 0 Å². The van der Waals surface area contributed by atoms with Crippen molar-refractivity contribution < 1.29 is 17.9 Å². The molecule has 6 heteroatoms. The van der Waals surface area contributed by atoms with Crippen LogP contribution in [0.25, 0.3) is 10.8 Å². The average molecular weight is 593 g/mol. The van der Waals surface area contributed by atoms with Crippen molar-refractivity contribution in [3.8, 4) is 0 Å². The molecular weight excluding hydrogens is 564 g/mol. The zero-order chi connectivity index (χ0) is 29.5. The Labute approximate surface area is 244 Å². The van der Waals surface area contributed by atoms with E-state index in [2.05, 4.69) is 0 Å². The van der Waals surface area contributed by atoms with Gasteiger partial charge in [0.05, 0.1) is 0 Å². The molecule has 0 radical (unpaired) electrons. The lowest BCUT2D eigenvalue weighted by Crippen LogP contribution is -2.41. The Hall–Kier alpha value is -4.10. The van der Waals surface area contributed by atoms with Crippen molar-refractivity contribution in [1.82, 2.24) is 0 Å².